The molecule has 6 nitrogen and oxygen atoms in total. The monoisotopic (exact) mass is 413 g/mol. The quantitative estimate of drug-likeness (QED) is 0.529. The van der Waals surface area contributed by atoms with Gasteiger partial charge in [-0.3, -0.25) is 15.0 Å². The first-order chi connectivity index (χ1) is 15.3. The zero-order chi connectivity index (χ0) is 20.6. The summed E-state index contributed by atoms with van der Waals surface area (Å²) in [4.78, 5) is 10.4. The van der Waals surface area contributed by atoms with Crippen molar-refractivity contribution >= 4 is 10.9 Å². The molecule has 3 aromatic heterocycles. The second-order valence-electron chi connectivity index (χ2n) is 8.75. The van der Waals surface area contributed by atoms with Gasteiger partial charge in [-0.1, -0.05) is 12.1 Å². The summed E-state index contributed by atoms with van der Waals surface area (Å²) in [6.07, 6.45) is 7.03. The van der Waals surface area contributed by atoms with E-state index in [0.29, 0.717) is 5.92 Å². The molecule has 1 saturated heterocycles. The van der Waals surface area contributed by atoms with E-state index in [2.05, 4.69) is 50.3 Å². The van der Waals surface area contributed by atoms with Crippen LogP contribution in [-0.2, 0) is 24.1 Å². The number of morpholine rings is 1. The van der Waals surface area contributed by atoms with E-state index in [1.54, 1.807) is 0 Å². The number of hydrogen-bond donors (Lipinski definition) is 2. The highest BCUT2D eigenvalue weighted by molar-refractivity contribution is 5.86. The average molecular weight is 414 g/mol. The van der Waals surface area contributed by atoms with E-state index >= 15 is 0 Å². The molecule has 0 radical (unpaired) electrons. The van der Waals surface area contributed by atoms with E-state index in [9.17, 15) is 0 Å². The van der Waals surface area contributed by atoms with Gasteiger partial charge in [0.05, 0.1) is 18.9 Å². The van der Waals surface area contributed by atoms with E-state index in [-0.39, 0.29) is 0 Å². The standard InChI is InChI=1S/C25H27N5O/c1-2-19(15-26-7-1)18-4-6-23-21(13-18)25(29-28-23)24-14-20-12-17(3-5-22(20)27-24)16-30-8-10-31-11-9-30/h1-3,5,7,12,14-15,18,27H,4,6,8-11,13,16H2,(H,28,29). The molecule has 4 heterocycles. The van der Waals surface area contributed by atoms with Crippen molar-refractivity contribution in [3.63, 3.8) is 0 Å². The first-order valence-corrected chi connectivity index (χ1v) is 11.2. The molecule has 2 N–H and O–H groups in total. The maximum atomic E-state index is 5.47. The Morgan fingerprint density at radius 2 is 2.06 bits per heavy atom. The number of aromatic amines is 2. The van der Waals surface area contributed by atoms with Crippen LogP contribution in [0.15, 0.2) is 48.8 Å². The smallest absolute Gasteiger partial charge is 0.112 e. The molecular formula is C25H27N5O. The van der Waals surface area contributed by atoms with Gasteiger partial charge in [-0.15, -0.1) is 0 Å². The lowest BCUT2D eigenvalue weighted by Crippen LogP contribution is -2.35. The largest absolute Gasteiger partial charge is 0.379 e. The minimum absolute atomic E-state index is 0.502. The molecule has 0 saturated carbocycles. The Hall–Kier alpha value is -2.96. The molecule has 4 aromatic rings. The number of fused-ring (bicyclic) bond motifs is 2. The van der Waals surface area contributed by atoms with Crippen LogP contribution < -0.4 is 0 Å². The Morgan fingerprint density at radius 3 is 2.94 bits per heavy atom. The number of benzene rings is 1. The Bertz CT molecular complexity index is 1190. The molecule has 0 spiro atoms. The van der Waals surface area contributed by atoms with Crippen molar-refractivity contribution in [2.45, 2.75) is 31.7 Å². The Kier molecular flexibility index (Phi) is 4.81. The lowest BCUT2D eigenvalue weighted by Gasteiger charge is -2.26. The summed E-state index contributed by atoms with van der Waals surface area (Å²) in [5.41, 5.74) is 8.63. The lowest BCUT2D eigenvalue weighted by molar-refractivity contribution is 0.0342. The third-order valence-electron chi connectivity index (χ3n) is 6.75. The molecule has 1 aliphatic carbocycles. The first kappa shape index (κ1) is 18.8. The van der Waals surface area contributed by atoms with Crippen molar-refractivity contribution in [3.8, 4) is 11.4 Å². The number of nitrogens with zero attached hydrogens (tertiary/aromatic N) is 3. The minimum atomic E-state index is 0.502. The van der Waals surface area contributed by atoms with Crippen LogP contribution in [0.3, 0.4) is 0 Å². The number of pyridine rings is 1. The minimum Gasteiger partial charge on any atom is -0.379 e. The average Bonchev–Trinajstić information content (AvgIpc) is 3.43. The molecule has 1 fully saturated rings. The highest BCUT2D eigenvalue weighted by Crippen LogP contribution is 2.37. The van der Waals surface area contributed by atoms with Crippen molar-refractivity contribution in [2.75, 3.05) is 26.3 Å². The molecule has 1 atom stereocenters. The van der Waals surface area contributed by atoms with Crippen molar-refractivity contribution < 1.29 is 4.74 Å². The van der Waals surface area contributed by atoms with E-state index in [1.165, 1.54) is 27.8 Å². The van der Waals surface area contributed by atoms with Gasteiger partial charge in [0.1, 0.15) is 5.69 Å². The van der Waals surface area contributed by atoms with E-state index < -0.39 is 0 Å². The van der Waals surface area contributed by atoms with Crippen molar-refractivity contribution in [1.29, 1.82) is 0 Å². The Morgan fingerprint density at radius 1 is 1.13 bits per heavy atom. The molecule has 2 aliphatic rings. The summed E-state index contributed by atoms with van der Waals surface area (Å²) in [5.74, 6) is 0.502. The van der Waals surface area contributed by atoms with Crippen molar-refractivity contribution in [3.05, 3.63) is 71.2 Å². The second-order valence-corrected chi connectivity index (χ2v) is 8.75. The summed E-state index contributed by atoms with van der Waals surface area (Å²) in [7, 11) is 0. The number of H-pyrrole nitrogens is 2. The molecule has 6 heteroatoms. The first-order valence-electron chi connectivity index (χ1n) is 11.2. The van der Waals surface area contributed by atoms with Gasteiger partial charge in [-0.05, 0) is 60.6 Å². The summed E-state index contributed by atoms with van der Waals surface area (Å²) in [6.45, 7) is 4.66. The molecule has 158 valence electrons. The summed E-state index contributed by atoms with van der Waals surface area (Å²) in [6, 6.07) is 13.2. The Balaban J connectivity index is 1.28. The fraction of sp³-hybridized carbons (Fsp3) is 0.360. The van der Waals surface area contributed by atoms with Crippen LogP contribution in [0.2, 0.25) is 0 Å². The van der Waals surface area contributed by atoms with Crippen LogP contribution in [0.1, 0.15) is 34.7 Å². The molecular weight excluding hydrogens is 386 g/mol. The van der Waals surface area contributed by atoms with Crippen LogP contribution >= 0.6 is 0 Å². The molecule has 0 amide bonds. The van der Waals surface area contributed by atoms with Gasteiger partial charge in [0, 0.05) is 54.2 Å². The van der Waals surface area contributed by atoms with Crippen LogP contribution in [-0.4, -0.2) is 51.4 Å². The molecule has 1 aromatic carbocycles. The number of aromatic nitrogens is 4. The predicted octanol–water partition coefficient (Wildman–Crippen LogP) is 4.06. The maximum Gasteiger partial charge on any atom is 0.112 e. The van der Waals surface area contributed by atoms with Gasteiger partial charge in [-0.2, -0.15) is 5.10 Å². The zero-order valence-corrected chi connectivity index (χ0v) is 17.6. The topological polar surface area (TPSA) is 69.8 Å². The maximum absolute atomic E-state index is 5.47. The number of nitrogens with one attached hydrogen (secondary N) is 2. The van der Waals surface area contributed by atoms with Crippen LogP contribution in [0.4, 0.5) is 0 Å². The second kappa shape index (κ2) is 7.94. The summed E-state index contributed by atoms with van der Waals surface area (Å²) >= 11 is 0. The fourth-order valence-corrected chi connectivity index (χ4v) is 5.05. The molecule has 1 unspecified atom stereocenters. The van der Waals surface area contributed by atoms with Crippen LogP contribution in [0.5, 0.6) is 0 Å². The third-order valence-corrected chi connectivity index (χ3v) is 6.75. The van der Waals surface area contributed by atoms with Crippen molar-refractivity contribution in [2.24, 2.45) is 0 Å². The Labute approximate surface area is 181 Å². The predicted molar refractivity (Wildman–Crippen MR) is 121 cm³/mol. The summed E-state index contributed by atoms with van der Waals surface area (Å²) in [5, 5.41) is 9.26. The third kappa shape index (κ3) is 3.66. The fourth-order valence-electron chi connectivity index (χ4n) is 5.05. The molecule has 1 aliphatic heterocycles. The van der Waals surface area contributed by atoms with Crippen LogP contribution in [0, 0.1) is 0 Å². The number of rotatable bonds is 4. The van der Waals surface area contributed by atoms with Crippen LogP contribution in [0.25, 0.3) is 22.3 Å². The highest BCUT2D eigenvalue weighted by atomic mass is 16.5. The molecule has 6 rings (SSSR count). The van der Waals surface area contributed by atoms with Gasteiger partial charge in [0.2, 0.25) is 0 Å². The zero-order valence-electron chi connectivity index (χ0n) is 17.6. The lowest BCUT2D eigenvalue weighted by atomic mass is 9.82. The van der Waals surface area contributed by atoms with E-state index in [4.69, 9.17) is 9.84 Å². The number of hydrogen-bond acceptors (Lipinski definition) is 4. The van der Waals surface area contributed by atoms with E-state index in [0.717, 1.165) is 69.0 Å². The van der Waals surface area contributed by atoms with Gasteiger partial charge in [0.15, 0.2) is 0 Å². The van der Waals surface area contributed by atoms with Gasteiger partial charge in [-0.25, -0.2) is 0 Å². The van der Waals surface area contributed by atoms with Gasteiger partial charge < -0.3 is 9.72 Å². The van der Waals surface area contributed by atoms with E-state index in [1.807, 2.05) is 18.5 Å². The van der Waals surface area contributed by atoms with Gasteiger partial charge in [0.25, 0.3) is 0 Å². The van der Waals surface area contributed by atoms with Gasteiger partial charge >= 0.3 is 0 Å². The van der Waals surface area contributed by atoms with Crippen molar-refractivity contribution in [1.82, 2.24) is 25.1 Å². The SMILES string of the molecule is c1cncc(C2CCc3[nH]nc(-c4cc5cc(CN6CCOCC6)ccc5[nH]4)c3C2)c1. The number of aryl methyl sites for hydroxylation is 1. The molecule has 31 heavy (non-hydrogen) atoms. The normalized spacial score (nSPS) is 19.5. The number of ether oxygens (including phenoxy) is 1. The summed E-state index contributed by atoms with van der Waals surface area (Å²) < 4.78 is 5.47. The highest BCUT2D eigenvalue weighted by Gasteiger charge is 2.26. The molecule has 0 bridgehead atoms.